The van der Waals surface area contributed by atoms with Gasteiger partial charge in [0, 0.05) is 11.5 Å². The molecule has 0 radical (unpaired) electrons. The van der Waals surface area contributed by atoms with Gasteiger partial charge in [-0.25, -0.2) is 0 Å². The van der Waals surface area contributed by atoms with Gasteiger partial charge in [0.2, 0.25) is 0 Å². The SMILES string of the molecule is C=CC[Si](C)(C)c1ccccn1. The van der Waals surface area contributed by atoms with E-state index in [0.717, 1.165) is 6.04 Å². The number of aromatic nitrogens is 1. The molecule has 0 aromatic carbocycles. The minimum absolute atomic E-state index is 1.10. The summed E-state index contributed by atoms with van der Waals surface area (Å²) in [5, 5.41) is 1.27. The molecule has 0 spiro atoms. The Morgan fingerprint density at radius 2 is 2.25 bits per heavy atom. The zero-order chi connectivity index (χ0) is 9.03. The second-order valence-electron chi connectivity index (χ2n) is 3.59. The average molecular weight is 177 g/mol. The van der Waals surface area contributed by atoms with Crippen LogP contribution in [-0.4, -0.2) is 13.1 Å². The lowest BCUT2D eigenvalue weighted by Crippen LogP contribution is -2.42. The molecule has 1 aromatic heterocycles. The van der Waals surface area contributed by atoms with Crippen LogP contribution in [0.15, 0.2) is 37.1 Å². The lowest BCUT2D eigenvalue weighted by molar-refractivity contribution is 1.35. The standard InChI is InChI=1S/C10H15NSi/c1-4-9-12(2,3)10-7-5-6-8-11-10/h4-8H,1,9H2,2-3H3. The minimum atomic E-state index is -1.31. The fourth-order valence-electron chi connectivity index (χ4n) is 1.23. The van der Waals surface area contributed by atoms with E-state index in [9.17, 15) is 0 Å². The summed E-state index contributed by atoms with van der Waals surface area (Å²) in [6.07, 6.45) is 3.87. The smallest absolute Gasteiger partial charge is 0.108 e. The summed E-state index contributed by atoms with van der Waals surface area (Å²) in [6, 6.07) is 7.24. The van der Waals surface area contributed by atoms with E-state index >= 15 is 0 Å². The molecule has 0 amide bonds. The molecule has 0 N–H and O–H groups in total. The second-order valence-corrected chi connectivity index (χ2v) is 8.28. The average Bonchev–Trinajstić information content (AvgIpc) is 2.06. The molecule has 0 unspecified atom stereocenters. The number of hydrogen-bond donors (Lipinski definition) is 0. The molecule has 0 atom stereocenters. The Morgan fingerprint density at radius 3 is 2.75 bits per heavy atom. The molecule has 1 heterocycles. The molecule has 12 heavy (non-hydrogen) atoms. The summed E-state index contributed by atoms with van der Waals surface area (Å²) < 4.78 is 0. The summed E-state index contributed by atoms with van der Waals surface area (Å²) >= 11 is 0. The Hall–Kier alpha value is -0.893. The van der Waals surface area contributed by atoms with Gasteiger partial charge in [0.1, 0.15) is 8.07 Å². The zero-order valence-electron chi connectivity index (χ0n) is 7.75. The van der Waals surface area contributed by atoms with Crippen molar-refractivity contribution in [2.24, 2.45) is 0 Å². The number of allylic oxidation sites excluding steroid dienone is 1. The molecule has 0 saturated heterocycles. The molecular weight excluding hydrogens is 162 g/mol. The normalized spacial score (nSPS) is 11.2. The maximum absolute atomic E-state index is 4.38. The maximum Gasteiger partial charge on any atom is 0.108 e. The summed E-state index contributed by atoms with van der Waals surface area (Å²) in [6.45, 7) is 8.41. The number of nitrogens with zero attached hydrogens (tertiary/aromatic N) is 1. The van der Waals surface area contributed by atoms with E-state index in [4.69, 9.17) is 0 Å². The van der Waals surface area contributed by atoms with Crippen molar-refractivity contribution in [3.05, 3.63) is 37.1 Å². The van der Waals surface area contributed by atoms with Gasteiger partial charge in [-0.1, -0.05) is 25.2 Å². The van der Waals surface area contributed by atoms with Crippen molar-refractivity contribution in [1.29, 1.82) is 0 Å². The Bertz CT molecular complexity index is 254. The van der Waals surface area contributed by atoms with Crippen LogP contribution in [-0.2, 0) is 0 Å². The van der Waals surface area contributed by atoms with Gasteiger partial charge < -0.3 is 0 Å². The predicted molar refractivity (Wildman–Crippen MR) is 56.4 cm³/mol. The third-order valence-corrected chi connectivity index (χ3v) is 5.00. The Balaban J connectivity index is 2.89. The summed E-state index contributed by atoms with van der Waals surface area (Å²) in [7, 11) is -1.31. The van der Waals surface area contributed by atoms with Crippen molar-refractivity contribution >= 4 is 13.4 Å². The van der Waals surface area contributed by atoms with E-state index in [-0.39, 0.29) is 0 Å². The number of hydrogen-bond acceptors (Lipinski definition) is 1. The van der Waals surface area contributed by atoms with Crippen molar-refractivity contribution in [2.45, 2.75) is 19.1 Å². The first-order valence-electron chi connectivity index (χ1n) is 4.19. The highest BCUT2D eigenvalue weighted by Crippen LogP contribution is 2.07. The van der Waals surface area contributed by atoms with Gasteiger partial charge in [-0.2, -0.15) is 0 Å². The van der Waals surface area contributed by atoms with Gasteiger partial charge in [-0.15, -0.1) is 6.58 Å². The molecule has 1 aromatic rings. The topological polar surface area (TPSA) is 12.9 Å². The Kier molecular flexibility index (Phi) is 2.81. The fourth-order valence-corrected chi connectivity index (χ4v) is 3.13. The molecule has 64 valence electrons. The molecule has 0 aliphatic rings. The van der Waals surface area contributed by atoms with Crippen LogP contribution in [0.5, 0.6) is 0 Å². The second kappa shape index (κ2) is 3.67. The molecule has 0 bridgehead atoms. The molecule has 0 fully saturated rings. The van der Waals surface area contributed by atoms with E-state index in [0.29, 0.717) is 0 Å². The van der Waals surface area contributed by atoms with Gasteiger partial charge >= 0.3 is 0 Å². The van der Waals surface area contributed by atoms with Crippen molar-refractivity contribution < 1.29 is 0 Å². The van der Waals surface area contributed by atoms with Gasteiger partial charge in [0.05, 0.1) is 0 Å². The zero-order valence-corrected chi connectivity index (χ0v) is 8.75. The van der Waals surface area contributed by atoms with Crippen LogP contribution in [0.25, 0.3) is 0 Å². The maximum atomic E-state index is 4.38. The first kappa shape index (κ1) is 9.20. The molecular formula is C10H15NSi. The lowest BCUT2D eigenvalue weighted by atomic mass is 10.5. The molecule has 0 aliphatic carbocycles. The van der Waals surface area contributed by atoms with Crippen LogP contribution in [0.3, 0.4) is 0 Å². The Morgan fingerprint density at radius 1 is 1.50 bits per heavy atom. The van der Waals surface area contributed by atoms with Crippen LogP contribution >= 0.6 is 0 Å². The minimum Gasteiger partial charge on any atom is -0.266 e. The van der Waals surface area contributed by atoms with Gasteiger partial charge in [-0.3, -0.25) is 4.98 Å². The van der Waals surface area contributed by atoms with Crippen LogP contribution < -0.4 is 5.32 Å². The van der Waals surface area contributed by atoms with Crippen LogP contribution in [0, 0.1) is 0 Å². The quantitative estimate of drug-likeness (QED) is 0.509. The van der Waals surface area contributed by atoms with E-state index in [2.05, 4.69) is 36.8 Å². The van der Waals surface area contributed by atoms with Crippen molar-refractivity contribution in [1.82, 2.24) is 4.98 Å². The van der Waals surface area contributed by atoms with E-state index in [1.54, 1.807) is 0 Å². The van der Waals surface area contributed by atoms with Gasteiger partial charge in [0.15, 0.2) is 0 Å². The van der Waals surface area contributed by atoms with Crippen LogP contribution in [0.1, 0.15) is 0 Å². The third kappa shape index (κ3) is 2.05. The van der Waals surface area contributed by atoms with Crippen LogP contribution in [0.4, 0.5) is 0 Å². The lowest BCUT2D eigenvalue weighted by Gasteiger charge is -2.18. The van der Waals surface area contributed by atoms with E-state index in [1.165, 1.54) is 5.32 Å². The van der Waals surface area contributed by atoms with E-state index in [1.807, 2.05) is 18.3 Å². The summed E-state index contributed by atoms with van der Waals surface area (Å²) in [4.78, 5) is 4.38. The van der Waals surface area contributed by atoms with Crippen molar-refractivity contribution in [3.8, 4) is 0 Å². The number of rotatable bonds is 3. The molecule has 1 rings (SSSR count). The fraction of sp³-hybridized carbons (Fsp3) is 0.300. The molecule has 1 nitrogen and oxygen atoms in total. The molecule has 2 heteroatoms. The largest absolute Gasteiger partial charge is 0.266 e. The summed E-state index contributed by atoms with van der Waals surface area (Å²) in [5.41, 5.74) is 0. The monoisotopic (exact) mass is 177 g/mol. The highest BCUT2D eigenvalue weighted by molar-refractivity contribution is 6.89. The van der Waals surface area contributed by atoms with Crippen molar-refractivity contribution in [2.75, 3.05) is 0 Å². The third-order valence-electron chi connectivity index (χ3n) is 2.01. The highest BCUT2D eigenvalue weighted by Gasteiger charge is 2.22. The Labute approximate surface area is 75.2 Å². The predicted octanol–water partition coefficient (Wildman–Crippen LogP) is 2.18. The molecule has 0 aliphatic heterocycles. The first-order valence-corrected chi connectivity index (χ1v) is 7.40. The van der Waals surface area contributed by atoms with Gasteiger partial charge in [0.25, 0.3) is 0 Å². The molecule has 0 saturated carbocycles. The van der Waals surface area contributed by atoms with Crippen LogP contribution in [0.2, 0.25) is 19.1 Å². The summed E-state index contributed by atoms with van der Waals surface area (Å²) in [5.74, 6) is 0. The van der Waals surface area contributed by atoms with Crippen molar-refractivity contribution in [3.63, 3.8) is 0 Å². The first-order chi connectivity index (χ1) is 5.67. The van der Waals surface area contributed by atoms with E-state index < -0.39 is 8.07 Å². The highest BCUT2D eigenvalue weighted by atomic mass is 28.3. The number of pyridine rings is 1. The van der Waals surface area contributed by atoms with Gasteiger partial charge in [-0.05, 0) is 18.2 Å².